The molecule has 27 heteroatoms. The van der Waals surface area contributed by atoms with Crippen LogP contribution >= 0.6 is 0 Å². The molecule has 5 amide bonds. The molecule has 2 aliphatic rings. The lowest BCUT2D eigenvalue weighted by Gasteiger charge is -2.36. The van der Waals surface area contributed by atoms with Crippen molar-refractivity contribution < 1.29 is 82.3 Å². The smallest absolute Gasteiger partial charge is 0.356 e. The zero-order chi connectivity index (χ0) is 62.6. The summed E-state index contributed by atoms with van der Waals surface area (Å²) in [5.74, 6) is -10.2. The number of aliphatic carboxylic acids is 1. The molecule has 0 aromatic heterocycles. The van der Waals surface area contributed by atoms with Crippen LogP contribution in [0.2, 0.25) is 0 Å². The van der Waals surface area contributed by atoms with E-state index in [1.807, 2.05) is 43.3 Å². The predicted octanol–water partition coefficient (Wildman–Crippen LogP) is 4.06. The summed E-state index contributed by atoms with van der Waals surface area (Å²) < 4.78 is 17.1. The number of nitrogens with zero attached hydrogens (tertiary/aromatic N) is 3. The Morgan fingerprint density at radius 2 is 1.09 bits per heavy atom. The molecule has 0 fully saturated rings. The largest absolute Gasteiger partial charge is 0.508 e. The molecule has 2 aliphatic heterocycles. The number of aromatic hydroxyl groups is 2. The first-order chi connectivity index (χ1) is 40.9. The Kier molecular flexibility index (Phi) is 20.5. The van der Waals surface area contributed by atoms with E-state index in [4.69, 9.17) is 24.8 Å². The number of anilines is 1. The van der Waals surface area contributed by atoms with Gasteiger partial charge in [-0.1, -0.05) is 0 Å². The maximum Gasteiger partial charge on any atom is 0.356 e. The molecular weight excluding hydrogens is 1120 g/mol. The van der Waals surface area contributed by atoms with Gasteiger partial charge in [-0.2, -0.15) is 10.2 Å². The number of carboxylic acids is 1. The Hall–Kier alpha value is -10.3. The van der Waals surface area contributed by atoms with E-state index in [1.54, 1.807) is 12.1 Å². The van der Waals surface area contributed by atoms with Crippen LogP contribution in [-0.2, 0) is 53.5 Å². The van der Waals surface area contributed by atoms with E-state index in [1.165, 1.54) is 94.4 Å². The molecule has 2 heterocycles. The fourth-order valence-corrected chi connectivity index (χ4v) is 8.97. The second-order valence-electron chi connectivity index (χ2n) is 20.4. The van der Waals surface area contributed by atoms with Crippen LogP contribution < -0.4 is 47.4 Å². The van der Waals surface area contributed by atoms with Crippen LogP contribution in [0.15, 0.2) is 113 Å². The van der Waals surface area contributed by atoms with Crippen molar-refractivity contribution in [3.63, 3.8) is 0 Å². The molecule has 27 nitrogen and oxygen atoms in total. The van der Waals surface area contributed by atoms with Crippen molar-refractivity contribution in [2.75, 3.05) is 25.5 Å². The zero-order valence-corrected chi connectivity index (χ0v) is 47.5. The van der Waals surface area contributed by atoms with Crippen LogP contribution in [0.3, 0.4) is 0 Å². The highest BCUT2D eigenvalue weighted by molar-refractivity contribution is 6.03. The number of ether oxygens (including phenoxy) is 3. The van der Waals surface area contributed by atoms with E-state index in [0.717, 1.165) is 5.69 Å². The molecule has 0 aliphatic carbocycles. The predicted molar refractivity (Wildman–Crippen MR) is 304 cm³/mol. The fraction of sp³-hybridized carbons (Fsp3) is 0.322. The van der Waals surface area contributed by atoms with Gasteiger partial charge in [0.25, 0.3) is 0 Å². The van der Waals surface area contributed by atoms with Gasteiger partial charge in [0.15, 0.2) is 5.60 Å². The van der Waals surface area contributed by atoms with E-state index in [9.17, 15) is 63.3 Å². The number of benzene rings is 5. The third kappa shape index (κ3) is 15.3. The minimum Gasteiger partial charge on any atom is -0.508 e. The molecular formula is C59H64N10O17. The quantitative estimate of drug-likeness (QED) is 0.00983. The van der Waals surface area contributed by atoms with Crippen molar-refractivity contribution in [1.82, 2.24) is 32.1 Å². The average molecular weight is 1190 g/mol. The summed E-state index contributed by atoms with van der Waals surface area (Å²) in [4.78, 5) is 139. The first-order valence-electron chi connectivity index (χ1n) is 27.1. The molecule has 6 atom stereocenters. The molecule has 0 saturated heterocycles. The number of hydrogen-bond acceptors (Lipinski definition) is 21. The molecule has 0 unspecified atom stereocenters. The summed E-state index contributed by atoms with van der Waals surface area (Å²) in [7, 11) is 3.84. The van der Waals surface area contributed by atoms with Crippen molar-refractivity contribution in [2.24, 2.45) is 16.0 Å². The molecule has 0 saturated carbocycles. The number of amides is 5. The molecule has 5 aromatic rings. The van der Waals surface area contributed by atoms with Gasteiger partial charge < -0.3 is 71.6 Å². The lowest BCUT2D eigenvalue weighted by Crippen LogP contribution is -2.57. The Labute approximate surface area is 491 Å². The van der Waals surface area contributed by atoms with Crippen LogP contribution in [0.1, 0.15) is 108 Å². The minimum atomic E-state index is -1.78. The summed E-state index contributed by atoms with van der Waals surface area (Å²) in [6.45, 7) is 5.47. The SMILES string of the molecule is C[C@H](NC(=O)[C@H](C)NC(=O)[C@H](C)NC(=O)[C@H](CCCCN)NOC(=O)c1ccc(N=Nc2ccc(N(C)C)cc2)cc1)C(=O)N[C@@H](C)C(=O)N[C@@H](CCC(=O)O)C(=O)OC(=O)c1ccc2c(c1)C1(OC2=O)c2ccc(O)cc2Oc2cc(O)ccc21. The number of esters is 3. The molecule has 11 N–H and O–H groups in total. The molecule has 5 aromatic carbocycles. The number of nitrogens with one attached hydrogen (secondary N) is 6. The summed E-state index contributed by atoms with van der Waals surface area (Å²) in [6, 6.07) is 17.1. The second-order valence-corrected chi connectivity index (χ2v) is 20.4. The van der Waals surface area contributed by atoms with Crippen molar-refractivity contribution in [1.29, 1.82) is 0 Å². The fourth-order valence-electron chi connectivity index (χ4n) is 8.97. The number of phenols is 2. The van der Waals surface area contributed by atoms with Gasteiger partial charge in [-0.15, -0.1) is 5.48 Å². The van der Waals surface area contributed by atoms with Gasteiger partial charge in [0, 0.05) is 55.0 Å². The van der Waals surface area contributed by atoms with Gasteiger partial charge >= 0.3 is 29.8 Å². The zero-order valence-electron chi connectivity index (χ0n) is 47.5. The standard InChI is InChI=1S/C59H64N10O17/c1-30(62-52(76)32(3)64-54(78)45(9-7-8-26-60)68-86-56(80)34-10-13-36(14-11-34)66-67-37-15-17-38(18-16-37)69(5)6)50(74)61-31(2)51(75)63-33(4)53(77)65-46(24-25-49(72)73)58(82)84-55(79)35-12-21-41-44(27-35)59(85-57(41)81)42-22-19-39(70)28-47(42)83-48-29-40(71)20-23-43(48)59/h10-23,27-33,45-46,68,70-71H,7-9,24-26,60H2,1-6H3,(H,61,74)(H,62,76)(H,63,75)(H,64,78)(H,65,77)(H,72,73)/t30-,31-,32-,33-,45-,46-/m0/s1. The average Bonchev–Trinajstić information content (AvgIpc) is 1.47. The van der Waals surface area contributed by atoms with E-state index in [-0.39, 0.29) is 62.8 Å². The number of azo groups is 1. The molecule has 1 spiro atoms. The summed E-state index contributed by atoms with van der Waals surface area (Å²) in [5, 5.41) is 50.4. The first kappa shape index (κ1) is 63.3. The Morgan fingerprint density at radius 3 is 1.60 bits per heavy atom. The van der Waals surface area contributed by atoms with Crippen LogP contribution in [0, 0.1) is 0 Å². The van der Waals surface area contributed by atoms with Gasteiger partial charge in [-0.3, -0.25) is 28.8 Å². The minimum absolute atomic E-state index is 0.0129. The molecule has 7 rings (SSSR count). The highest BCUT2D eigenvalue weighted by Crippen LogP contribution is 2.57. The second kappa shape index (κ2) is 27.9. The highest BCUT2D eigenvalue weighted by Gasteiger charge is 2.54. The third-order valence-corrected chi connectivity index (χ3v) is 13.8. The van der Waals surface area contributed by atoms with Crippen LogP contribution in [0.4, 0.5) is 17.1 Å². The van der Waals surface area contributed by atoms with Gasteiger partial charge in [0.1, 0.15) is 59.2 Å². The van der Waals surface area contributed by atoms with Crippen LogP contribution in [0.25, 0.3) is 0 Å². The van der Waals surface area contributed by atoms with Crippen molar-refractivity contribution in [2.45, 2.75) is 102 Å². The maximum atomic E-state index is 13.7. The summed E-state index contributed by atoms with van der Waals surface area (Å²) in [5.41, 5.74) is 8.90. The number of rotatable bonds is 25. The lowest BCUT2D eigenvalue weighted by molar-refractivity contribution is -0.144. The number of carbonyl (C=O) groups is 10. The number of nitrogens with two attached hydrogens (primary N) is 1. The molecule has 452 valence electrons. The number of carboxylic acid groups (broad SMARTS) is 1. The number of phenolic OH excluding ortho intramolecular Hbond substituents is 2. The van der Waals surface area contributed by atoms with Gasteiger partial charge in [0.05, 0.1) is 28.1 Å². The topological polar surface area (TPSA) is 394 Å². The van der Waals surface area contributed by atoms with Crippen molar-refractivity contribution >= 4 is 76.4 Å². The van der Waals surface area contributed by atoms with E-state index in [2.05, 4.69) is 42.3 Å². The maximum absolute atomic E-state index is 13.7. The van der Waals surface area contributed by atoms with E-state index >= 15 is 0 Å². The van der Waals surface area contributed by atoms with Crippen molar-refractivity contribution in [3.05, 3.63) is 137 Å². The number of hydroxylamine groups is 1. The van der Waals surface area contributed by atoms with E-state index < -0.39 is 114 Å². The number of hydrogen-bond donors (Lipinski definition) is 10. The molecule has 86 heavy (non-hydrogen) atoms. The molecule has 0 radical (unpaired) electrons. The first-order valence-corrected chi connectivity index (χ1v) is 27.1. The molecule has 0 bridgehead atoms. The lowest BCUT2D eigenvalue weighted by atomic mass is 9.77. The van der Waals surface area contributed by atoms with Gasteiger partial charge in [-0.05, 0) is 151 Å². The number of unbranched alkanes of at least 4 members (excludes halogenated alkanes) is 1. The Morgan fingerprint density at radius 1 is 0.593 bits per heavy atom. The summed E-state index contributed by atoms with van der Waals surface area (Å²) in [6.07, 6.45) is -0.116. The Balaban J connectivity index is 0.894. The normalized spacial score (nSPS) is 14.6. The summed E-state index contributed by atoms with van der Waals surface area (Å²) >= 11 is 0. The van der Waals surface area contributed by atoms with Gasteiger partial charge in [-0.25, -0.2) is 19.2 Å². The van der Waals surface area contributed by atoms with Crippen LogP contribution in [0.5, 0.6) is 23.0 Å². The van der Waals surface area contributed by atoms with Gasteiger partial charge in [0.2, 0.25) is 29.5 Å². The third-order valence-electron chi connectivity index (χ3n) is 13.8. The Bertz CT molecular complexity index is 3410. The monoisotopic (exact) mass is 1180 g/mol. The highest BCUT2D eigenvalue weighted by atomic mass is 16.7. The van der Waals surface area contributed by atoms with E-state index in [0.29, 0.717) is 30.8 Å². The number of fused-ring (bicyclic) bond motifs is 6. The van der Waals surface area contributed by atoms with Crippen LogP contribution in [-0.4, -0.2) is 132 Å². The van der Waals surface area contributed by atoms with Crippen molar-refractivity contribution in [3.8, 4) is 23.0 Å². The number of carbonyl (C=O) groups excluding carboxylic acids is 9.